The molecule has 0 amide bonds. The lowest BCUT2D eigenvalue weighted by Crippen LogP contribution is -2.27. The minimum absolute atomic E-state index is 0.430. The fourth-order valence-electron chi connectivity index (χ4n) is 1.37. The van der Waals surface area contributed by atoms with Gasteiger partial charge in [-0.15, -0.1) is 0 Å². The lowest BCUT2D eigenvalue weighted by molar-refractivity contribution is 0.554. The third kappa shape index (κ3) is 4.68. The fourth-order valence-corrected chi connectivity index (χ4v) is 1.37. The molecule has 0 spiro atoms. The standard InChI is InChI=1S/C12H18F2N2/c1-2-5-15-6-7-16-9-10-3-4-11(13)8-12(10)14/h3-4,8,15-16H,2,5-7,9H2,1H3. The maximum atomic E-state index is 13.2. The zero-order valence-corrected chi connectivity index (χ0v) is 9.52. The highest BCUT2D eigenvalue weighted by molar-refractivity contribution is 5.18. The molecule has 0 heterocycles. The molecular formula is C12H18F2N2. The summed E-state index contributed by atoms with van der Waals surface area (Å²) in [5.41, 5.74) is 0.497. The van der Waals surface area contributed by atoms with E-state index in [-0.39, 0.29) is 0 Å². The van der Waals surface area contributed by atoms with Crippen LogP contribution in [0.5, 0.6) is 0 Å². The Labute approximate surface area is 95.1 Å². The van der Waals surface area contributed by atoms with E-state index in [1.807, 2.05) is 0 Å². The Morgan fingerprint density at radius 1 is 1.06 bits per heavy atom. The summed E-state index contributed by atoms with van der Waals surface area (Å²) in [6, 6.07) is 3.65. The van der Waals surface area contributed by atoms with Crippen LogP contribution in [0.3, 0.4) is 0 Å². The van der Waals surface area contributed by atoms with Crippen molar-refractivity contribution in [3.8, 4) is 0 Å². The quantitative estimate of drug-likeness (QED) is 0.698. The summed E-state index contributed by atoms with van der Waals surface area (Å²) in [6.45, 7) is 5.16. The van der Waals surface area contributed by atoms with Gasteiger partial charge in [-0.1, -0.05) is 13.0 Å². The van der Waals surface area contributed by atoms with E-state index in [9.17, 15) is 8.78 Å². The van der Waals surface area contributed by atoms with Gasteiger partial charge in [-0.05, 0) is 19.0 Å². The number of rotatable bonds is 7. The second kappa shape index (κ2) is 7.30. The minimum Gasteiger partial charge on any atom is -0.315 e. The smallest absolute Gasteiger partial charge is 0.130 e. The average Bonchev–Trinajstić information content (AvgIpc) is 2.26. The maximum Gasteiger partial charge on any atom is 0.130 e. The first kappa shape index (κ1) is 13.1. The number of hydrogen-bond acceptors (Lipinski definition) is 2. The topological polar surface area (TPSA) is 24.1 Å². The first-order chi connectivity index (χ1) is 7.74. The van der Waals surface area contributed by atoms with Gasteiger partial charge in [0, 0.05) is 31.3 Å². The Morgan fingerprint density at radius 3 is 2.50 bits per heavy atom. The fraction of sp³-hybridized carbons (Fsp3) is 0.500. The molecule has 0 saturated carbocycles. The molecule has 16 heavy (non-hydrogen) atoms. The Kier molecular flexibility index (Phi) is 5.96. The van der Waals surface area contributed by atoms with Gasteiger partial charge in [0.1, 0.15) is 11.6 Å². The minimum atomic E-state index is -0.536. The van der Waals surface area contributed by atoms with Crippen molar-refractivity contribution < 1.29 is 8.78 Å². The van der Waals surface area contributed by atoms with Crippen LogP contribution in [0.1, 0.15) is 18.9 Å². The van der Waals surface area contributed by atoms with Gasteiger partial charge in [0.05, 0.1) is 0 Å². The molecule has 2 N–H and O–H groups in total. The summed E-state index contributed by atoms with van der Waals surface area (Å²) in [7, 11) is 0. The van der Waals surface area contributed by atoms with E-state index in [1.165, 1.54) is 12.1 Å². The normalized spacial score (nSPS) is 10.7. The molecular weight excluding hydrogens is 210 g/mol. The zero-order valence-electron chi connectivity index (χ0n) is 9.52. The molecule has 0 unspecified atom stereocenters. The van der Waals surface area contributed by atoms with Gasteiger partial charge in [-0.3, -0.25) is 0 Å². The van der Waals surface area contributed by atoms with E-state index in [4.69, 9.17) is 0 Å². The van der Waals surface area contributed by atoms with Crippen LogP contribution in [0.25, 0.3) is 0 Å². The van der Waals surface area contributed by atoms with E-state index < -0.39 is 11.6 Å². The third-order valence-electron chi connectivity index (χ3n) is 2.24. The molecule has 1 aromatic rings. The predicted molar refractivity (Wildman–Crippen MR) is 61.2 cm³/mol. The summed E-state index contributed by atoms with van der Waals surface area (Å²) in [4.78, 5) is 0. The van der Waals surface area contributed by atoms with E-state index >= 15 is 0 Å². The molecule has 0 atom stereocenters. The van der Waals surface area contributed by atoms with Gasteiger partial charge in [-0.25, -0.2) is 8.78 Å². The highest BCUT2D eigenvalue weighted by Gasteiger charge is 2.02. The van der Waals surface area contributed by atoms with Crippen molar-refractivity contribution in [3.05, 3.63) is 35.4 Å². The van der Waals surface area contributed by atoms with Gasteiger partial charge < -0.3 is 10.6 Å². The van der Waals surface area contributed by atoms with E-state index in [0.29, 0.717) is 12.1 Å². The van der Waals surface area contributed by atoms with Crippen LogP contribution in [0.15, 0.2) is 18.2 Å². The second-order valence-electron chi connectivity index (χ2n) is 3.66. The molecule has 0 aromatic heterocycles. The van der Waals surface area contributed by atoms with Gasteiger partial charge in [0.25, 0.3) is 0 Å². The largest absolute Gasteiger partial charge is 0.315 e. The van der Waals surface area contributed by atoms with Crippen LogP contribution in [-0.4, -0.2) is 19.6 Å². The summed E-state index contributed by atoms with van der Waals surface area (Å²) in [5.74, 6) is -1.03. The molecule has 0 saturated heterocycles. The van der Waals surface area contributed by atoms with Crippen LogP contribution in [0.4, 0.5) is 8.78 Å². The van der Waals surface area contributed by atoms with Gasteiger partial charge >= 0.3 is 0 Å². The van der Waals surface area contributed by atoms with Crippen molar-refractivity contribution in [2.24, 2.45) is 0 Å². The highest BCUT2D eigenvalue weighted by Crippen LogP contribution is 2.08. The van der Waals surface area contributed by atoms with Gasteiger partial charge in [-0.2, -0.15) is 0 Å². The molecule has 0 aliphatic rings. The lowest BCUT2D eigenvalue weighted by Gasteiger charge is -2.06. The average molecular weight is 228 g/mol. The van der Waals surface area contributed by atoms with E-state index in [1.54, 1.807) is 0 Å². The molecule has 0 fully saturated rings. The summed E-state index contributed by atoms with van der Waals surface area (Å²) >= 11 is 0. The number of hydrogen-bond donors (Lipinski definition) is 2. The Balaban J connectivity index is 2.21. The van der Waals surface area contributed by atoms with Crippen molar-refractivity contribution in [1.82, 2.24) is 10.6 Å². The van der Waals surface area contributed by atoms with Crippen LogP contribution >= 0.6 is 0 Å². The molecule has 0 aliphatic heterocycles. The SMILES string of the molecule is CCCNCCNCc1ccc(F)cc1F. The maximum absolute atomic E-state index is 13.2. The molecule has 0 bridgehead atoms. The molecule has 0 aliphatic carbocycles. The van der Waals surface area contributed by atoms with Gasteiger partial charge in [0.15, 0.2) is 0 Å². The first-order valence-corrected chi connectivity index (χ1v) is 5.59. The molecule has 90 valence electrons. The highest BCUT2D eigenvalue weighted by atomic mass is 19.1. The van der Waals surface area contributed by atoms with Crippen LogP contribution < -0.4 is 10.6 Å². The van der Waals surface area contributed by atoms with Crippen molar-refractivity contribution in [3.63, 3.8) is 0 Å². The van der Waals surface area contributed by atoms with E-state index in [0.717, 1.165) is 32.1 Å². The molecule has 1 rings (SSSR count). The Morgan fingerprint density at radius 2 is 1.81 bits per heavy atom. The Hall–Kier alpha value is -1.00. The molecule has 1 aromatic carbocycles. The summed E-state index contributed by atoms with van der Waals surface area (Å²) < 4.78 is 25.8. The van der Waals surface area contributed by atoms with Crippen LogP contribution in [-0.2, 0) is 6.54 Å². The first-order valence-electron chi connectivity index (χ1n) is 5.59. The zero-order chi connectivity index (χ0) is 11.8. The van der Waals surface area contributed by atoms with Crippen LogP contribution in [0.2, 0.25) is 0 Å². The van der Waals surface area contributed by atoms with Gasteiger partial charge in [0.2, 0.25) is 0 Å². The summed E-state index contributed by atoms with van der Waals surface area (Å²) in [6.07, 6.45) is 1.10. The second-order valence-corrected chi connectivity index (χ2v) is 3.66. The molecule has 2 nitrogen and oxygen atoms in total. The lowest BCUT2D eigenvalue weighted by atomic mass is 10.2. The van der Waals surface area contributed by atoms with Crippen LogP contribution in [0, 0.1) is 11.6 Å². The number of nitrogens with one attached hydrogen (secondary N) is 2. The number of halogens is 2. The van der Waals surface area contributed by atoms with Crippen molar-refractivity contribution in [2.75, 3.05) is 19.6 Å². The van der Waals surface area contributed by atoms with Crippen molar-refractivity contribution in [2.45, 2.75) is 19.9 Å². The van der Waals surface area contributed by atoms with Crippen molar-refractivity contribution in [1.29, 1.82) is 0 Å². The Bertz CT molecular complexity index is 316. The van der Waals surface area contributed by atoms with Crippen molar-refractivity contribution >= 4 is 0 Å². The predicted octanol–water partition coefficient (Wildman–Crippen LogP) is 2.05. The number of benzene rings is 1. The summed E-state index contributed by atoms with van der Waals surface area (Å²) in [5, 5.41) is 6.32. The monoisotopic (exact) mass is 228 g/mol. The molecule has 0 radical (unpaired) electrons. The third-order valence-corrected chi connectivity index (χ3v) is 2.24. The van der Waals surface area contributed by atoms with E-state index in [2.05, 4.69) is 17.6 Å². The molecule has 4 heteroatoms.